The van der Waals surface area contributed by atoms with Crippen LogP contribution < -0.4 is 20.3 Å². The van der Waals surface area contributed by atoms with E-state index in [4.69, 9.17) is 40.2 Å². The van der Waals surface area contributed by atoms with E-state index in [1.165, 1.54) is 0 Å². The minimum absolute atomic E-state index is 0.147. The first-order valence-electron chi connectivity index (χ1n) is 11.7. The largest absolute Gasteiger partial charge is 0.483 e. The highest BCUT2D eigenvalue weighted by molar-refractivity contribution is 7.80. The fourth-order valence-corrected chi connectivity index (χ4v) is 4.68. The van der Waals surface area contributed by atoms with Gasteiger partial charge in [0.2, 0.25) is 0 Å². The SMILES string of the molecule is Cc1cc(Cl)ccc1OCC(=O)NC(=S)Nc1ccc(N2CCN(Cc3ccccc3Cl)CC2)cc1. The summed E-state index contributed by atoms with van der Waals surface area (Å²) in [5.41, 5.74) is 3.98. The lowest BCUT2D eigenvalue weighted by Crippen LogP contribution is -2.46. The molecule has 0 atom stereocenters. The van der Waals surface area contributed by atoms with Crippen molar-refractivity contribution in [1.82, 2.24) is 10.2 Å². The molecule has 0 spiro atoms. The predicted octanol–water partition coefficient (Wildman–Crippen LogP) is 5.52. The molecule has 0 radical (unpaired) electrons. The highest BCUT2D eigenvalue weighted by atomic mass is 35.5. The minimum Gasteiger partial charge on any atom is -0.483 e. The number of nitrogens with zero attached hydrogens (tertiary/aromatic N) is 2. The van der Waals surface area contributed by atoms with Gasteiger partial charge in [0.15, 0.2) is 11.7 Å². The van der Waals surface area contributed by atoms with Crippen molar-refractivity contribution < 1.29 is 9.53 Å². The van der Waals surface area contributed by atoms with E-state index >= 15 is 0 Å². The number of ether oxygens (including phenoxy) is 1. The zero-order chi connectivity index (χ0) is 25.5. The van der Waals surface area contributed by atoms with E-state index in [2.05, 4.69) is 38.6 Å². The second-order valence-electron chi connectivity index (χ2n) is 8.60. The molecular weight excluding hydrogens is 515 g/mol. The molecule has 36 heavy (non-hydrogen) atoms. The molecule has 0 unspecified atom stereocenters. The number of carbonyl (C=O) groups is 1. The molecule has 6 nitrogen and oxygen atoms in total. The second kappa shape index (κ2) is 12.4. The van der Waals surface area contributed by atoms with Crippen LogP contribution in [0.15, 0.2) is 66.7 Å². The third kappa shape index (κ3) is 7.34. The Hall–Kier alpha value is -2.84. The molecule has 1 saturated heterocycles. The number of benzene rings is 3. The molecule has 0 aromatic heterocycles. The lowest BCUT2D eigenvalue weighted by molar-refractivity contribution is -0.121. The first kappa shape index (κ1) is 26.2. The maximum absolute atomic E-state index is 12.2. The molecule has 3 aromatic rings. The zero-order valence-electron chi connectivity index (χ0n) is 20.0. The average Bonchev–Trinajstić information content (AvgIpc) is 2.86. The van der Waals surface area contributed by atoms with Crippen LogP contribution in [0.1, 0.15) is 11.1 Å². The first-order valence-corrected chi connectivity index (χ1v) is 12.8. The molecule has 0 bridgehead atoms. The lowest BCUT2D eigenvalue weighted by Gasteiger charge is -2.36. The van der Waals surface area contributed by atoms with Gasteiger partial charge in [-0.05, 0) is 78.8 Å². The first-order chi connectivity index (χ1) is 17.4. The minimum atomic E-state index is -0.340. The van der Waals surface area contributed by atoms with Gasteiger partial charge in [-0.15, -0.1) is 0 Å². The molecule has 1 heterocycles. The molecule has 188 valence electrons. The zero-order valence-corrected chi connectivity index (χ0v) is 22.3. The molecule has 9 heteroatoms. The van der Waals surface area contributed by atoms with Crippen molar-refractivity contribution in [1.29, 1.82) is 0 Å². The van der Waals surface area contributed by atoms with Gasteiger partial charge in [0.1, 0.15) is 5.75 Å². The summed E-state index contributed by atoms with van der Waals surface area (Å²) in [6.45, 7) is 6.42. The Morgan fingerprint density at radius 3 is 2.42 bits per heavy atom. The Morgan fingerprint density at radius 2 is 1.72 bits per heavy atom. The molecule has 3 aromatic carbocycles. The third-order valence-corrected chi connectivity index (χ3v) is 6.77. The Labute approximate surface area is 227 Å². The van der Waals surface area contributed by atoms with Crippen molar-refractivity contribution in [2.75, 3.05) is 43.0 Å². The van der Waals surface area contributed by atoms with Crippen molar-refractivity contribution >= 4 is 57.8 Å². The highest BCUT2D eigenvalue weighted by Gasteiger charge is 2.18. The normalized spacial score (nSPS) is 13.8. The van der Waals surface area contributed by atoms with Gasteiger partial charge >= 0.3 is 0 Å². The van der Waals surface area contributed by atoms with E-state index < -0.39 is 0 Å². The molecule has 1 aliphatic rings. The maximum atomic E-state index is 12.2. The van der Waals surface area contributed by atoms with E-state index in [1.807, 2.05) is 37.3 Å². The molecular formula is C27H28Cl2N4O2S. The van der Waals surface area contributed by atoms with Gasteiger partial charge in [0.25, 0.3) is 5.91 Å². The van der Waals surface area contributed by atoms with Gasteiger partial charge in [-0.3, -0.25) is 15.0 Å². The Morgan fingerprint density at radius 1 is 1.00 bits per heavy atom. The number of halogens is 2. The number of hydrogen-bond donors (Lipinski definition) is 2. The summed E-state index contributed by atoms with van der Waals surface area (Å²) < 4.78 is 5.56. The molecule has 4 rings (SSSR count). The van der Waals surface area contributed by atoms with Gasteiger partial charge in [0.05, 0.1) is 0 Å². The van der Waals surface area contributed by atoms with Crippen LogP contribution in [0.5, 0.6) is 5.75 Å². The summed E-state index contributed by atoms with van der Waals surface area (Å²) in [5, 5.41) is 7.35. The third-order valence-electron chi connectivity index (χ3n) is 5.96. The topological polar surface area (TPSA) is 56.8 Å². The Balaban J connectivity index is 1.21. The molecule has 2 N–H and O–H groups in total. The number of amides is 1. The second-order valence-corrected chi connectivity index (χ2v) is 9.85. The number of hydrogen-bond acceptors (Lipinski definition) is 5. The summed E-state index contributed by atoms with van der Waals surface area (Å²) in [7, 11) is 0. The fourth-order valence-electron chi connectivity index (χ4n) is 4.03. The van der Waals surface area contributed by atoms with E-state index in [1.54, 1.807) is 18.2 Å². The highest BCUT2D eigenvalue weighted by Crippen LogP contribution is 2.23. The van der Waals surface area contributed by atoms with Gasteiger partial charge in [-0.1, -0.05) is 41.4 Å². The number of carbonyl (C=O) groups excluding carboxylic acids is 1. The molecule has 0 aliphatic carbocycles. The lowest BCUT2D eigenvalue weighted by atomic mass is 10.2. The standard InChI is InChI=1S/C27H28Cl2N4O2S/c1-19-16-21(28)6-11-25(19)35-18-26(34)31-27(36)30-22-7-9-23(10-8-22)33-14-12-32(13-15-33)17-20-4-2-3-5-24(20)29/h2-11,16H,12-15,17-18H2,1H3,(H2,30,31,34,36). The van der Waals surface area contributed by atoms with Crippen molar-refractivity contribution in [3.63, 3.8) is 0 Å². The number of nitrogens with one attached hydrogen (secondary N) is 2. The van der Waals surface area contributed by atoms with Crippen molar-refractivity contribution in [2.24, 2.45) is 0 Å². The number of piperazine rings is 1. The summed E-state index contributed by atoms with van der Waals surface area (Å²) in [6.07, 6.45) is 0. The quantitative estimate of drug-likeness (QED) is 0.383. The smallest absolute Gasteiger partial charge is 0.264 e. The summed E-state index contributed by atoms with van der Waals surface area (Å²) in [4.78, 5) is 17.0. The Kier molecular flexibility index (Phi) is 9.04. The molecule has 1 amide bonds. The summed E-state index contributed by atoms with van der Waals surface area (Å²) in [5.74, 6) is 0.266. The van der Waals surface area contributed by atoms with Crippen molar-refractivity contribution in [3.05, 3.63) is 87.9 Å². The van der Waals surface area contributed by atoms with Crippen LogP contribution in [0.2, 0.25) is 10.0 Å². The van der Waals surface area contributed by atoms with Crippen LogP contribution >= 0.6 is 35.4 Å². The van der Waals surface area contributed by atoms with Gasteiger partial charge in [-0.25, -0.2) is 0 Å². The fraction of sp³-hybridized carbons (Fsp3) is 0.259. The van der Waals surface area contributed by atoms with Crippen LogP contribution in [0.3, 0.4) is 0 Å². The molecule has 1 fully saturated rings. The van der Waals surface area contributed by atoms with Crippen LogP contribution in [-0.2, 0) is 11.3 Å². The van der Waals surface area contributed by atoms with Crippen LogP contribution in [0.4, 0.5) is 11.4 Å². The van der Waals surface area contributed by atoms with Gasteiger partial charge < -0.3 is 15.0 Å². The van der Waals surface area contributed by atoms with E-state index in [0.29, 0.717) is 10.8 Å². The Bertz CT molecular complexity index is 1210. The summed E-state index contributed by atoms with van der Waals surface area (Å²) >= 11 is 17.5. The van der Waals surface area contributed by atoms with Crippen LogP contribution in [-0.4, -0.2) is 48.7 Å². The van der Waals surface area contributed by atoms with Crippen LogP contribution in [0, 0.1) is 6.92 Å². The number of anilines is 2. The van der Waals surface area contributed by atoms with E-state index in [-0.39, 0.29) is 17.6 Å². The van der Waals surface area contributed by atoms with Gasteiger partial charge in [0, 0.05) is 54.1 Å². The monoisotopic (exact) mass is 542 g/mol. The van der Waals surface area contributed by atoms with E-state index in [0.717, 1.165) is 60.2 Å². The predicted molar refractivity (Wildman–Crippen MR) is 151 cm³/mol. The number of rotatable bonds is 7. The summed E-state index contributed by atoms with van der Waals surface area (Å²) in [6, 6.07) is 21.3. The van der Waals surface area contributed by atoms with Gasteiger partial charge in [-0.2, -0.15) is 0 Å². The molecule has 0 saturated carbocycles. The number of aryl methyl sites for hydroxylation is 1. The van der Waals surface area contributed by atoms with Crippen molar-refractivity contribution in [3.8, 4) is 5.75 Å². The molecule has 1 aliphatic heterocycles. The average molecular weight is 544 g/mol. The number of thiocarbonyl (C=S) groups is 1. The van der Waals surface area contributed by atoms with Crippen LogP contribution in [0.25, 0.3) is 0 Å². The van der Waals surface area contributed by atoms with Crippen molar-refractivity contribution in [2.45, 2.75) is 13.5 Å². The van der Waals surface area contributed by atoms with E-state index in [9.17, 15) is 4.79 Å². The maximum Gasteiger partial charge on any atom is 0.264 e.